The number of ether oxygens (including phenoxy) is 1. The normalized spacial score (nSPS) is 14.2. The van der Waals surface area contributed by atoms with Crippen LogP contribution in [-0.2, 0) is 9.59 Å². The number of fused-ring (bicyclic) bond motifs is 1. The number of methoxy groups -OCH3 is 1. The number of anilines is 3. The monoisotopic (exact) mass is 511 g/mol. The van der Waals surface area contributed by atoms with Crippen molar-refractivity contribution in [3.8, 4) is 5.75 Å². The number of hydrogen-bond acceptors (Lipinski definition) is 6. The van der Waals surface area contributed by atoms with E-state index in [9.17, 15) is 14.0 Å². The lowest BCUT2D eigenvalue weighted by atomic mass is 10.1. The van der Waals surface area contributed by atoms with Crippen LogP contribution in [0.2, 0.25) is 5.02 Å². The highest BCUT2D eigenvalue weighted by atomic mass is 35.5. The zero-order chi connectivity index (χ0) is 25.7. The van der Waals surface area contributed by atoms with Crippen molar-refractivity contribution >= 4 is 51.5 Å². The lowest BCUT2D eigenvalue weighted by Crippen LogP contribution is -2.29. The van der Waals surface area contributed by atoms with Crippen LogP contribution in [0.3, 0.4) is 0 Å². The third-order valence-corrected chi connectivity index (χ3v) is 6.25. The standard InChI is InChI=1S/C26H27ClFN5O3/c1-17(34)33(18-8-9-21(28)20(27)13-18)26-19-14-23(24(36-2)15-22(19)29-16-30-26)31-25(35)7-6-12-32-10-4-3-5-11-32/h6-9,13-16H,3-5,10-12H2,1-2H3,(H,31,35)/b7-6+. The maximum atomic E-state index is 13.7. The van der Waals surface area contributed by atoms with Gasteiger partial charge in [-0.15, -0.1) is 0 Å². The van der Waals surface area contributed by atoms with E-state index in [1.807, 2.05) is 6.08 Å². The number of nitrogens with zero attached hydrogens (tertiary/aromatic N) is 4. The molecule has 0 radical (unpaired) electrons. The Morgan fingerprint density at radius 2 is 1.97 bits per heavy atom. The van der Waals surface area contributed by atoms with Gasteiger partial charge in [0, 0.05) is 31.0 Å². The Morgan fingerprint density at radius 1 is 1.19 bits per heavy atom. The van der Waals surface area contributed by atoms with Crippen molar-refractivity contribution in [2.75, 3.05) is 37.0 Å². The van der Waals surface area contributed by atoms with Gasteiger partial charge in [0.25, 0.3) is 0 Å². The molecule has 1 aliphatic heterocycles. The summed E-state index contributed by atoms with van der Waals surface area (Å²) in [6, 6.07) is 7.29. The molecule has 8 nitrogen and oxygen atoms in total. The fourth-order valence-corrected chi connectivity index (χ4v) is 4.39. The number of amides is 2. The molecule has 0 unspecified atom stereocenters. The second-order valence-corrected chi connectivity index (χ2v) is 8.88. The summed E-state index contributed by atoms with van der Waals surface area (Å²) in [5, 5.41) is 3.21. The molecule has 4 rings (SSSR count). The molecule has 0 spiro atoms. The van der Waals surface area contributed by atoms with Crippen molar-refractivity contribution in [2.45, 2.75) is 26.2 Å². The summed E-state index contributed by atoms with van der Waals surface area (Å²) < 4.78 is 19.2. The van der Waals surface area contributed by atoms with Gasteiger partial charge in [-0.1, -0.05) is 24.1 Å². The maximum Gasteiger partial charge on any atom is 0.248 e. The Balaban J connectivity index is 1.66. The Labute approximate surface area is 213 Å². The zero-order valence-corrected chi connectivity index (χ0v) is 20.9. The third kappa shape index (κ3) is 5.80. The van der Waals surface area contributed by atoms with E-state index >= 15 is 0 Å². The Morgan fingerprint density at radius 3 is 2.67 bits per heavy atom. The first-order chi connectivity index (χ1) is 17.4. The molecule has 2 amide bonds. The summed E-state index contributed by atoms with van der Waals surface area (Å²) in [7, 11) is 1.49. The van der Waals surface area contributed by atoms with Gasteiger partial charge in [0.05, 0.1) is 29.0 Å². The predicted octanol–water partition coefficient (Wildman–Crippen LogP) is 5.10. The molecule has 1 fully saturated rings. The van der Waals surface area contributed by atoms with Crippen molar-refractivity contribution in [2.24, 2.45) is 0 Å². The Kier molecular flexibility index (Phi) is 8.12. The Bertz CT molecular complexity index is 1310. The first kappa shape index (κ1) is 25.5. The number of benzene rings is 2. The minimum absolute atomic E-state index is 0.122. The smallest absolute Gasteiger partial charge is 0.248 e. The lowest BCUT2D eigenvalue weighted by molar-refractivity contribution is -0.116. The van der Waals surface area contributed by atoms with E-state index in [0.717, 1.165) is 13.1 Å². The van der Waals surface area contributed by atoms with Gasteiger partial charge in [-0.25, -0.2) is 14.4 Å². The molecule has 0 aliphatic carbocycles. The second kappa shape index (κ2) is 11.5. The summed E-state index contributed by atoms with van der Waals surface area (Å²) in [5.74, 6) is -0.603. The van der Waals surface area contributed by atoms with Crippen LogP contribution in [0.25, 0.3) is 10.9 Å². The molecule has 1 aromatic heterocycles. The van der Waals surface area contributed by atoms with Crippen molar-refractivity contribution in [3.05, 3.63) is 59.7 Å². The molecule has 2 aromatic carbocycles. The van der Waals surface area contributed by atoms with Gasteiger partial charge in [-0.2, -0.15) is 0 Å². The molecule has 10 heteroatoms. The Hall–Kier alpha value is -3.56. The summed E-state index contributed by atoms with van der Waals surface area (Å²) in [5.41, 5.74) is 1.24. The number of likely N-dealkylation sites (tertiary alicyclic amines) is 1. The van der Waals surface area contributed by atoms with Gasteiger partial charge in [0.1, 0.15) is 17.9 Å². The highest BCUT2D eigenvalue weighted by molar-refractivity contribution is 6.31. The van der Waals surface area contributed by atoms with Gasteiger partial charge in [0.2, 0.25) is 11.8 Å². The molecule has 2 heterocycles. The van der Waals surface area contributed by atoms with Crippen LogP contribution in [0.1, 0.15) is 26.2 Å². The van der Waals surface area contributed by atoms with Crippen LogP contribution in [0.5, 0.6) is 5.75 Å². The number of hydrogen-bond donors (Lipinski definition) is 1. The molecule has 36 heavy (non-hydrogen) atoms. The van der Waals surface area contributed by atoms with Crippen LogP contribution in [0.4, 0.5) is 21.6 Å². The average Bonchev–Trinajstić information content (AvgIpc) is 2.86. The van der Waals surface area contributed by atoms with Gasteiger partial charge in [0.15, 0.2) is 5.82 Å². The molecule has 3 aromatic rings. The van der Waals surface area contributed by atoms with Gasteiger partial charge in [-0.05, 0) is 50.2 Å². The molecular formula is C26H27ClFN5O3. The van der Waals surface area contributed by atoms with Crippen LogP contribution in [-0.4, -0.2) is 53.4 Å². The number of aromatic nitrogens is 2. The van der Waals surface area contributed by atoms with Gasteiger partial charge in [-0.3, -0.25) is 19.4 Å². The SMILES string of the molecule is COc1cc2ncnc(N(C(C)=O)c3ccc(F)c(Cl)c3)c2cc1NC(=O)/C=C/CN1CCCCC1. The van der Waals surface area contributed by atoms with E-state index in [1.54, 1.807) is 12.1 Å². The molecule has 188 valence electrons. The van der Waals surface area contributed by atoms with E-state index in [4.69, 9.17) is 16.3 Å². The topological polar surface area (TPSA) is 87.7 Å². The van der Waals surface area contributed by atoms with E-state index < -0.39 is 5.82 Å². The average molecular weight is 512 g/mol. The second-order valence-electron chi connectivity index (χ2n) is 8.47. The quantitative estimate of drug-likeness (QED) is 0.444. The van der Waals surface area contributed by atoms with Gasteiger partial charge < -0.3 is 10.1 Å². The van der Waals surface area contributed by atoms with Gasteiger partial charge >= 0.3 is 0 Å². The number of rotatable bonds is 7. The van der Waals surface area contributed by atoms with Crippen LogP contribution in [0.15, 0.2) is 48.8 Å². The molecule has 0 bridgehead atoms. The summed E-state index contributed by atoms with van der Waals surface area (Å²) in [6.45, 7) is 4.16. The predicted molar refractivity (Wildman–Crippen MR) is 138 cm³/mol. The highest BCUT2D eigenvalue weighted by Gasteiger charge is 2.21. The lowest BCUT2D eigenvalue weighted by Gasteiger charge is -2.24. The number of piperidine rings is 1. The van der Waals surface area contributed by atoms with E-state index in [1.165, 1.54) is 68.8 Å². The van der Waals surface area contributed by atoms with Crippen molar-refractivity contribution in [3.63, 3.8) is 0 Å². The number of carbonyl (C=O) groups excluding carboxylic acids is 2. The minimum atomic E-state index is -0.598. The molecular weight excluding hydrogens is 485 g/mol. The molecule has 0 saturated carbocycles. The molecule has 1 aliphatic rings. The third-order valence-electron chi connectivity index (χ3n) is 5.96. The molecule has 0 atom stereocenters. The fourth-order valence-electron chi connectivity index (χ4n) is 4.22. The molecule has 1 N–H and O–H groups in total. The van der Waals surface area contributed by atoms with Crippen molar-refractivity contribution in [1.29, 1.82) is 0 Å². The number of carbonyl (C=O) groups is 2. The summed E-state index contributed by atoms with van der Waals surface area (Å²) in [4.78, 5) is 37.5. The van der Waals surface area contributed by atoms with Crippen LogP contribution >= 0.6 is 11.6 Å². The van der Waals surface area contributed by atoms with E-state index in [-0.39, 0.29) is 22.7 Å². The van der Waals surface area contributed by atoms with Crippen LogP contribution < -0.4 is 15.0 Å². The van der Waals surface area contributed by atoms with E-state index in [0.29, 0.717) is 34.6 Å². The first-order valence-corrected chi connectivity index (χ1v) is 12.0. The highest BCUT2D eigenvalue weighted by Crippen LogP contribution is 2.36. The summed E-state index contributed by atoms with van der Waals surface area (Å²) in [6.07, 6.45) is 8.28. The largest absolute Gasteiger partial charge is 0.494 e. The van der Waals surface area contributed by atoms with Crippen LogP contribution in [0, 0.1) is 5.82 Å². The molecule has 1 saturated heterocycles. The first-order valence-electron chi connectivity index (χ1n) is 11.7. The number of nitrogens with one attached hydrogen (secondary N) is 1. The summed E-state index contributed by atoms with van der Waals surface area (Å²) >= 11 is 5.96. The zero-order valence-electron chi connectivity index (χ0n) is 20.1. The fraction of sp³-hybridized carbons (Fsp3) is 0.308. The maximum absolute atomic E-state index is 13.7. The number of halogens is 2. The van der Waals surface area contributed by atoms with Crippen molar-refractivity contribution < 1.29 is 18.7 Å². The van der Waals surface area contributed by atoms with E-state index in [2.05, 4.69) is 20.2 Å². The van der Waals surface area contributed by atoms with Crippen molar-refractivity contribution in [1.82, 2.24) is 14.9 Å². The minimum Gasteiger partial charge on any atom is -0.494 e.